The number of hydrogen-bond acceptors (Lipinski definition) is 5. The fourth-order valence-corrected chi connectivity index (χ4v) is 2.31. The Labute approximate surface area is 146 Å². The van der Waals surface area contributed by atoms with Crippen molar-refractivity contribution in [3.8, 4) is 23.4 Å². The molecule has 0 fully saturated rings. The number of aryl methyl sites for hydroxylation is 1. The van der Waals surface area contributed by atoms with Gasteiger partial charge in [0.25, 0.3) is 5.88 Å². The summed E-state index contributed by atoms with van der Waals surface area (Å²) in [6.45, 7) is 0.558. The molecule has 0 aliphatic carbocycles. The monoisotopic (exact) mass is 331 g/mol. The van der Waals surface area contributed by atoms with Crippen molar-refractivity contribution < 1.29 is 9.47 Å². The van der Waals surface area contributed by atoms with Gasteiger partial charge in [0.05, 0.1) is 18.2 Å². The average molecular weight is 331 g/mol. The molecule has 0 aliphatic rings. The van der Waals surface area contributed by atoms with Crippen molar-refractivity contribution in [2.75, 3.05) is 6.61 Å². The second-order valence-electron chi connectivity index (χ2n) is 5.36. The number of nitrogens with zero attached hydrogens (tertiary/aromatic N) is 3. The van der Waals surface area contributed by atoms with Gasteiger partial charge in [0.2, 0.25) is 0 Å². The minimum Gasteiger partial charge on any atom is -0.488 e. The van der Waals surface area contributed by atoms with E-state index < -0.39 is 0 Å². The van der Waals surface area contributed by atoms with E-state index in [0.29, 0.717) is 29.5 Å². The van der Waals surface area contributed by atoms with Gasteiger partial charge in [0, 0.05) is 18.6 Å². The van der Waals surface area contributed by atoms with Crippen molar-refractivity contribution in [1.82, 2.24) is 9.97 Å². The number of rotatable bonds is 7. The number of hydrogen-bond donors (Lipinski definition) is 0. The minimum absolute atomic E-state index is 0.390. The van der Waals surface area contributed by atoms with Crippen LogP contribution in [0, 0.1) is 11.3 Å². The number of nitriles is 1. The molecule has 3 aromatic rings. The van der Waals surface area contributed by atoms with Crippen LogP contribution in [0.5, 0.6) is 17.4 Å². The summed E-state index contributed by atoms with van der Waals surface area (Å²) in [5.74, 6) is 1.53. The van der Waals surface area contributed by atoms with Crippen LogP contribution in [-0.4, -0.2) is 16.6 Å². The van der Waals surface area contributed by atoms with Crippen molar-refractivity contribution >= 4 is 0 Å². The van der Waals surface area contributed by atoms with Gasteiger partial charge in [0.1, 0.15) is 5.75 Å². The highest BCUT2D eigenvalue weighted by atomic mass is 16.5. The first kappa shape index (κ1) is 16.5. The Morgan fingerprint density at radius 3 is 2.72 bits per heavy atom. The highest BCUT2D eigenvalue weighted by Gasteiger charge is 2.08. The van der Waals surface area contributed by atoms with Crippen molar-refractivity contribution in [3.05, 3.63) is 78.2 Å². The van der Waals surface area contributed by atoms with Gasteiger partial charge >= 0.3 is 0 Å². The highest BCUT2D eigenvalue weighted by Crippen LogP contribution is 2.29. The zero-order valence-corrected chi connectivity index (χ0v) is 13.6. The number of ether oxygens (including phenoxy) is 2. The molecule has 0 spiro atoms. The average Bonchev–Trinajstić information content (AvgIpc) is 2.67. The summed E-state index contributed by atoms with van der Waals surface area (Å²) in [6, 6.07) is 16.7. The van der Waals surface area contributed by atoms with Crippen molar-refractivity contribution in [2.45, 2.75) is 12.8 Å². The summed E-state index contributed by atoms with van der Waals surface area (Å²) in [5.41, 5.74) is 1.77. The maximum absolute atomic E-state index is 8.97. The molecular formula is C20H17N3O2. The number of benzene rings is 1. The number of aromatic nitrogens is 2. The van der Waals surface area contributed by atoms with Crippen molar-refractivity contribution in [1.29, 1.82) is 5.26 Å². The molecule has 25 heavy (non-hydrogen) atoms. The molecule has 5 heteroatoms. The lowest BCUT2D eigenvalue weighted by atomic mass is 10.1. The summed E-state index contributed by atoms with van der Waals surface area (Å²) in [7, 11) is 0. The fraction of sp³-hybridized carbons (Fsp3) is 0.150. The Hall–Kier alpha value is -3.39. The molecule has 0 bridgehead atoms. The summed E-state index contributed by atoms with van der Waals surface area (Å²) >= 11 is 0. The van der Waals surface area contributed by atoms with E-state index in [1.807, 2.05) is 18.2 Å². The summed E-state index contributed by atoms with van der Waals surface area (Å²) in [6.07, 6.45) is 7.02. The van der Waals surface area contributed by atoms with E-state index in [9.17, 15) is 0 Å². The quantitative estimate of drug-likeness (QED) is 0.608. The van der Waals surface area contributed by atoms with Crippen LogP contribution < -0.4 is 9.47 Å². The van der Waals surface area contributed by atoms with Crippen LogP contribution in [0.4, 0.5) is 0 Å². The highest BCUT2D eigenvalue weighted by molar-refractivity contribution is 5.41. The first-order valence-corrected chi connectivity index (χ1v) is 8.00. The molecule has 0 atom stereocenters. The summed E-state index contributed by atoms with van der Waals surface area (Å²) in [5, 5.41) is 8.97. The maximum Gasteiger partial charge on any atom is 0.262 e. The molecule has 124 valence electrons. The third-order valence-corrected chi connectivity index (χ3v) is 3.53. The van der Waals surface area contributed by atoms with E-state index in [1.165, 1.54) is 5.56 Å². The second-order valence-corrected chi connectivity index (χ2v) is 5.36. The van der Waals surface area contributed by atoms with Gasteiger partial charge in [-0.25, -0.2) is 4.98 Å². The smallest absolute Gasteiger partial charge is 0.262 e. The van der Waals surface area contributed by atoms with Crippen LogP contribution in [0.2, 0.25) is 0 Å². The van der Waals surface area contributed by atoms with Gasteiger partial charge in [-0.05, 0) is 60.9 Å². The van der Waals surface area contributed by atoms with E-state index in [2.05, 4.69) is 16.0 Å². The van der Waals surface area contributed by atoms with Crippen LogP contribution >= 0.6 is 0 Å². The Balaban J connectivity index is 1.60. The van der Waals surface area contributed by atoms with E-state index in [-0.39, 0.29) is 0 Å². The standard InChI is InChI=1S/C20H17N3O2/c21-15-17-4-1-6-18(14-17)25-20-19(7-2-10-23-20)24-13-3-5-16-8-11-22-12-9-16/h1-2,4,6-12,14H,3,5,13H2. The fourth-order valence-electron chi connectivity index (χ4n) is 2.31. The van der Waals surface area contributed by atoms with Crippen LogP contribution in [-0.2, 0) is 6.42 Å². The van der Waals surface area contributed by atoms with Crippen LogP contribution in [0.15, 0.2) is 67.1 Å². The van der Waals surface area contributed by atoms with Gasteiger partial charge in [-0.2, -0.15) is 5.26 Å². The van der Waals surface area contributed by atoms with Crippen molar-refractivity contribution in [2.24, 2.45) is 0 Å². The third kappa shape index (κ3) is 4.79. The van der Waals surface area contributed by atoms with Gasteiger partial charge in [0.15, 0.2) is 5.75 Å². The van der Waals surface area contributed by atoms with Crippen LogP contribution in [0.25, 0.3) is 0 Å². The molecule has 0 saturated heterocycles. The van der Waals surface area contributed by atoms with Crippen LogP contribution in [0.3, 0.4) is 0 Å². The molecule has 5 nitrogen and oxygen atoms in total. The molecule has 2 aromatic heterocycles. The van der Waals surface area contributed by atoms with Gasteiger partial charge < -0.3 is 9.47 Å². The first-order chi connectivity index (χ1) is 12.3. The predicted octanol–water partition coefficient (Wildman–Crippen LogP) is 4.15. The lowest BCUT2D eigenvalue weighted by molar-refractivity contribution is 0.293. The van der Waals surface area contributed by atoms with E-state index >= 15 is 0 Å². The molecule has 3 rings (SSSR count). The zero-order valence-electron chi connectivity index (χ0n) is 13.6. The van der Waals surface area contributed by atoms with Gasteiger partial charge in [-0.1, -0.05) is 6.07 Å². The Morgan fingerprint density at radius 1 is 1.00 bits per heavy atom. The third-order valence-electron chi connectivity index (χ3n) is 3.53. The van der Waals surface area contributed by atoms with Crippen molar-refractivity contribution in [3.63, 3.8) is 0 Å². The second kappa shape index (κ2) is 8.46. The molecule has 0 N–H and O–H groups in total. The molecule has 1 aromatic carbocycles. The molecule has 0 saturated carbocycles. The largest absolute Gasteiger partial charge is 0.488 e. The molecule has 0 unspecified atom stereocenters. The minimum atomic E-state index is 0.390. The summed E-state index contributed by atoms with van der Waals surface area (Å²) < 4.78 is 11.6. The Morgan fingerprint density at radius 2 is 1.88 bits per heavy atom. The first-order valence-electron chi connectivity index (χ1n) is 8.00. The lowest BCUT2D eigenvalue weighted by Gasteiger charge is -2.11. The Kier molecular flexibility index (Phi) is 5.57. The van der Waals surface area contributed by atoms with Gasteiger partial charge in [-0.3, -0.25) is 4.98 Å². The molecule has 0 radical (unpaired) electrons. The van der Waals surface area contributed by atoms with E-state index in [4.69, 9.17) is 14.7 Å². The van der Waals surface area contributed by atoms with Crippen LogP contribution in [0.1, 0.15) is 17.5 Å². The molecule has 0 amide bonds. The van der Waals surface area contributed by atoms with E-state index in [0.717, 1.165) is 12.8 Å². The molecule has 0 aliphatic heterocycles. The predicted molar refractivity (Wildman–Crippen MR) is 93.5 cm³/mol. The lowest BCUT2D eigenvalue weighted by Crippen LogP contribution is -2.01. The topological polar surface area (TPSA) is 68.0 Å². The van der Waals surface area contributed by atoms with Gasteiger partial charge in [-0.15, -0.1) is 0 Å². The number of pyridine rings is 2. The normalized spacial score (nSPS) is 10.0. The van der Waals surface area contributed by atoms with E-state index in [1.54, 1.807) is 48.9 Å². The SMILES string of the molecule is N#Cc1cccc(Oc2ncccc2OCCCc2ccncc2)c1. The molecule has 2 heterocycles. The maximum atomic E-state index is 8.97. The summed E-state index contributed by atoms with van der Waals surface area (Å²) in [4.78, 5) is 8.24. The zero-order chi connectivity index (χ0) is 17.3. The Bertz CT molecular complexity index is 860. The molecular weight excluding hydrogens is 314 g/mol.